The molecule has 0 heterocycles. The molecule has 1 fully saturated rings. The van der Waals surface area contributed by atoms with Crippen molar-refractivity contribution >= 4 is 11.9 Å². The van der Waals surface area contributed by atoms with Crippen molar-refractivity contribution in [3.63, 3.8) is 0 Å². The van der Waals surface area contributed by atoms with E-state index in [2.05, 4.69) is 5.32 Å². The molecule has 1 unspecified atom stereocenters. The third kappa shape index (κ3) is 7.12. The Morgan fingerprint density at radius 1 is 1.37 bits per heavy atom. The summed E-state index contributed by atoms with van der Waals surface area (Å²) in [6.45, 7) is 2.36. The third-order valence-corrected chi connectivity index (χ3v) is 3.25. The van der Waals surface area contributed by atoms with E-state index >= 15 is 0 Å². The summed E-state index contributed by atoms with van der Waals surface area (Å²) in [5, 5.41) is 21.0. The highest BCUT2D eigenvalue weighted by Crippen LogP contribution is 2.17. The monoisotopic (exact) mass is 272 g/mol. The lowest BCUT2D eigenvalue weighted by molar-refractivity contribution is -0.138. The van der Waals surface area contributed by atoms with Gasteiger partial charge >= 0.3 is 5.97 Å². The molecule has 1 aliphatic rings. The summed E-state index contributed by atoms with van der Waals surface area (Å²) < 4.78 is 0. The summed E-state index contributed by atoms with van der Waals surface area (Å²) in [6.07, 6.45) is 3.76. The molecule has 0 bridgehead atoms. The molecule has 0 aromatic heterocycles. The maximum absolute atomic E-state index is 11.9. The number of nitrogens with zero attached hydrogens (tertiary/aromatic N) is 1. The van der Waals surface area contributed by atoms with Crippen molar-refractivity contribution in [2.24, 2.45) is 0 Å². The van der Waals surface area contributed by atoms with E-state index in [1.807, 2.05) is 0 Å². The first-order chi connectivity index (χ1) is 8.97. The Bertz CT molecular complexity index is 301. The zero-order valence-electron chi connectivity index (χ0n) is 11.5. The Kier molecular flexibility index (Phi) is 6.80. The number of aliphatic carboxylic acids is 1. The molecular weight excluding hydrogens is 248 g/mol. The molecule has 1 rings (SSSR count). The average Bonchev–Trinajstić information content (AvgIpc) is 2.77. The molecule has 0 aliphatic heterocycles. The topological polar surface area (TPSA) is 89.9 Å². The SMILES string of the molecule is CC(O)CN(CCC(=O)O)CC(=O)NC1CCCC1. The largest absolute Gasteiger partial charge is 0.481 e. The Hall–Kier alpha value is -1.14. The van der Waals surface area contributed by atoms with Gasteiger partial charge in [-0.1, -0.05) is 12.8 Å². The number of carboxylic acid groups (broad SMARTS) is 1. The van der Waals surface area contributed by atoms with Crippen LogP contribution in [0.5, 0.6) is 0 Å². The second-order valence-electron chi connectivity index (χ2n) is 5.28. The molecule has 1 aliphatic carbocycles. The first kappa shape index (κ1) is 15.9. The average molecular weight is 272 g/mol. The first-order valence-corrected chi connectivity index (χ1v) is 6.89. The highest BCUT2D eigenvalue weighted by Gasteiger charge is 2.19. The van der Waals surface area contributed by atoms with Crippen LogP contribution in [-0.2, 0) is 9.59 Å². The second kappa shape index (κ2) is 8.12. The van der Waals surface area contributed by atoms with E-state index in [1.165, 1.54) is 0 Å². The minimum atomic E-state index is -0.896. The molecule has 0 spiro atoms. The van der Waals surface area contributed by atoms with Crippen LogP contribution < -0.4 is 5.32 Å². The van der Waals surface area contributed by atoms with Gasteiger partial charge in [-0.2, -0.15) is 0 Å². The zero-order chi connectivity index (χ0) is 14.3. The van der Waals surface area contributed by atoms with E-state index in [4.69, 9.17) is 5.11 Å². The van der Waals surface area contributed by atoms with Gasteiger partial charge in [0.2, 0.25) is 5.91 Å². The molecule has 0 radical (unpaired) electrons. The van der Waals surface area contributed by atoms with Gasteiger partial charge in [-0.25, -0.2) is 0 Å². The van der Waals surface area contributed by atoms with Gasteiger partial charge < -0.3 is 15.5 Å². The number of nitrogens with one attached hydrogen (secondary N) is 1. The molecule has 1 atom stereocenters. The number of hydrogen-bond acceptors (Lipinski definition) is 4. The van der Waals surface area contributed by atoms with Crippen LogP contribution in [0.3, 0.4) is 0 Å². The summed E-state index contributed by atoms with van der Waals surface area (Å²) in [7, 11) is 0. The van der Waals surface area contributed by atoms with Crippen molar-refractivity contribution in [3.8, 4) is 0 Å². The Morgan fingerprint density at radius 3 is 2.53 bits per heavy atom. The predicted octanol–water partition coefficient (Wildman–Crippen LogP) is 0.203. The molecule has 0 aromatic rings. The van der Waals surface area contributed by atoms with E-state index < -0.39 is 12.1 Å². The van der Waals surface area contributed by atoms with Gasteiger partial charge in [-0.15, -0.1) is 0 Å². The van der Waals surface area contributed by atoms with Gasteiger partial charge in [0, 0.05) is 19.1 Å². The molecular formula is C13H24N2O4. The molecule has 0 aromatic carbocycles. The smallest absolute Gasteiger partial charge is 0.304 e. The highest BCUT2D eigenvalue weighted by atomic mass is 16.4. The van der Waals surface area contributed by atoms with Crippen LogP contribution in [0.15, 0.2) is 0 Å². The number of rotatable bonds is 8. The van der Waals surface area contributed by atoms with Crippen LogP contribution in [-0.4, -0.2) is 58.8 Å². The van der Waals surface area contributed by atoms with Gasteiger partial charge in [-0.05, 0) is 19.8 Å². The molecule has 6 nitrogen and oxygen atoms in total. The molecule has 6 heteroatoms. The van der Waals surface area contributed by atoms with Crippen LogP contribution in [0.25, 0.3) is 0 Å². The van der Waals surface area contributed by atoms with E-state index in [-0.39, 0.29) is 31.5 Å². The summed E-state index contributed by atoms with van der Waals surface area (Å²) in [4.78, 5) is 24.1. The Labute approximate surface area is 113 Å². The number of aliphatic hydroxyl groups is 1. The van der Waals surface area contributed by atoms with Crippen LogP contribution >= 0.6 is 0 Å². The zero-order valence-corrected chi connectivity index (χ0v) is 11.5. The van der Waals surface area contributed by atoms with E-state index in [9.17, 15) is 14.7 Å². The lowest BCUT2D eigenvalue weighted by Gasteiger charge is -2.23. The first-order valence-electron chi connectivity index (χ1n) is 6.89. The molecule has 110 valence electrons. The number of carbonyl (C=O) groups excluding carboxylic acids is 1. The van der Waals surface area contributed by atoms with Gasteiger partial charge in [-0.3, -0.25) is 14.5 Å². The van der Waals surface area contributed by atoms with Gasteiger partial charge in [0.1, 0.15) is 0 Å². The maximum Gasteiger partial charge on any atom is 0.304 e. The standard InChI is InChI=1S/C13H24N2O4/c1-10(16)8-15(7-6-13(18)19)9-12(17)14-11-4-2-3-5-11/h10-11,16H,2-9H2,1H3,(H,14,17)(H,18,19). The number of carboxylic acids is 1. The second-order valence-corrected chi connectivity index (χ2v) is 5.28. The Balaban J connectivity index is 2.36. The quantitative estimate of drug-likeness (QED) is 0.587. The number of aliphatic hydroxyl groups excluding tert-OH is 1. The summed E-state index contributed by atoms with van der Waals surface area (Å²) in [5.41, 5.74) is 0. The molecule has 3 N–H and O–H groups in total. The van der Waals surface area contributed by atoms with Crippen molar-refractivity contribution < 1.29 is 19.8 Å². The van der Waals surface area contributed by atoms with Gasteiger partial charge in [0.25, 0.3) is 0 Å². The maximum atomic E-state index is 11.9. The van der Waals surface area contributed by atoms with Crippen LogP contribution in [0.2, 0.25) is 0 Å². The lowest BCUT2D eigenvalue weighted by Crippen LogP contribution is -2.43. The molecule has 0 saturated heterocycles. The van der Waals surface area contributed by atoms with Crippen molar-refractivity contribution in [2.45, 2.75) is 51.2 Å². The number of carbonyl (C=O) groups is 2. The number of hydrogen-bond donors (Lipinski definition) is 3. The van der Waals surface area contributed by atoms with E-state index in [1.54, 1.807) is 11.8 Å². The fourth-order valence-corrected chi connectivity index (χ4v) is 2.41. The predicted molar refractivity (Wildman–Crippen MR) is 70.8 cm³/mol. The fraction of sp³-hybridized carbons (Fsp3) is 0.846. The van der Waals surface area contributed by atoms with Crippen LogP contribution in [0, 0.1) is 0 Å². The minimum Gasteiger partial charge on any atom is -0.481 e. The summed E-state index contributed by atoms with van der Waals surface area (Å²) >= 11 is 0. The van der Waals surface area contributed by atoms with Crippen molar-refractivity contribution in [1.29, 1.82) is 0 Å². The third-order valence-electron chi connectivity index (χ3n) is 3.25. The van der Waals surface area contributed by atoms with E-state index in [0.29, 0.717) is 6.54 Å². The molecule has 1 amide bonds. The van der Waals surface area contributed by atoms with Crippen LogP contribution in [0.1, 0.15) is 39.0 Å². The summed E-state index contributed by atoms with van der Waals surface area (Å²) in [5.74, 6) is -0.982. The van der Waals surface area contributed by atoms with Gasteiger partial charge in [0.05, 0.1) is 19.1 Å². The highest BCUT2D eigenvalue weighted by molar-refractivity contribution is 5.78. The van der Waals surface area contributed by atoms with Crippen LogP contribution in [0.4, 0.5) is 0 Å². The van der Waals surface area contributed by atoms with Crippen molar-refractivity contribution in [3.05, 3.63) is 0 Å². The summed E-state index contributed by atoms with van der Waals surface area (Å²) in [6, 6.07) is 0.264. The minimum absolute atomic E-state index is 0.0244. The lowest BCUT2D eigenvalue weighted by atomic mass is 10.2. The molecule has 19 heavy (non-hydrogen) atoms. The van der Waals surface area contributed by atoms with Crippen molar-refractivity contribution in [1.82, 2.24) is 10.2 Å². The molecule has 1 saturated carbocycles. The Morgan fingerprint density at radius 2 is 2.00 bits per heavy atom. The van der Waals surface area contributed by atoms with E-state index in [0.717, 1.165) is 25.7 Å². The fourth-order valence-electron chi connectivity index (χ4n) is 2.41. The van der Waals surface area contributed by atoms with Gasteiger partial charge in [0.15, 0.2) is 0 Å². The normalized spacial score (nSPS) is 17.6. The number of amides is 1. The van der Waals surface area contributed by atoms with Crippen molar-refractivity contribution in [2.75, 3.05) is 19.6 Å².